The van der Waals surface area contributed by atoms with Gasteiger partial charge in [0.2, 0.25) is 26.0 Å². The standard InChI is InChI=1S/C21H27N3O5S2/c1-16(2)20(24-31(28,29)13-12-17-8-5-4-6-9-17)21(25)22-15-18-10-7-11-19(14-18)23-30(3,26)27/h4-14,16,20,23-24H,15H2,1-3H3,(H,22,25)/b13-12+. The van der Waals surface area contributed by atoms with Gasteiger partial charge in [0.05, 0.1) is 6.26 Å². The van der Waals surface area contributed by atoms with Gasteiger partial charge in [-0.1, -0.05) is 56.3 Å². The van der Waals surface area contributed by atoms with Gasteiger partial charge in [-0.25, -0.2) is 16.8 Å². The normalized spacial score (nSPS) is 13.3. The van der Waals surface area contributed by atoms with Crippen molar-refractivity contribution >= 4 is 37.7 Å². The van der Waals surface area contributed by atoms with E-state index < -0.39 is 32.0 Å². The molecule has 1 unspecified atom stereocenters. The number of carbonyl (C=O) groups is 1. The van der Waals surface area contributed by atoms with Crippen molar-refractivity contribution in [3.63, 3.8) is 0 Å². The summed E-state index contributed by atoms with van der Waals surface area (Å²) < 4.78 is 52.4. The first kappa shape index (κ1) is 24.6. The number of benzene rings is 2. The van der Waals surface area contributed by atoms with Crippen molar-refractivity contribution in [3.8, 4) is 0 Å². The Morgan fingerprint density at radius 2 is 1.68 bits per heavy atom. The number of sulfonamides is 2. The van der Waals surface area contributed by atoms with Gasteiger partial charge in [0.15, 0.2) is 0 Å². The number of nitrogens with one attached hydrogen (secondary N) is 3. The highest BCUT2D eigenvalue weighted by molar-refractivity contribution is 7.92. The molecule has 0 aliphatic heterocycles. The second-order valence-corrected chi connectivity index (χ2v) is 10.7. The quantitative estimate of drug-likeness (QED) is 0.497. The summed E-state index contributed by atoms with van der Waals surface area (Å²) in [6.45, 7) is 3.59. The molecule has 2 aromatic carbocycles. The second kappa shape index (κ2) is 10.6. The summed E-state index contributed by atoms with van der Waals surface area (Å²) in [5.41, 5.74) is 1.76. The van der Waals surface area contributed by atoms with Gasteiger partial charge in [-0.05, 0) is 35.3 Å². The average molecular weight is 466 g/mol. The lowest BCUT2D eigenvalue weighted by Gasteiger charge is -2.21. The van der Waals surface area contributed by atoms with Crippen molar-refractivity contribution in [1.29, 1.82) is 0 Å². The van der Waals surface area contributed by atoms with Gasteiger partial charge in [0.1, 0.15) is 6.04 Å². The highest BCUT2D eigenvalue weighted by Crippen LogP contribution is 2.12. The molecule has 0 heterocycles. The minimum atomic E-state index is -3.85. The molecule has 0 bridgehead atoms. The molecule has 1 amide bonds. The topological polar surface area (TPSA) is 121 Å². The third-order valence-corrected chi connectivity index (χ3v) is 5.86. The Morgan fingerprint density at radius 3 is 2.29 bits per heavy atom. The average Bonchev–Trinajstić information content (AvgIpc) is 2.68. The molecule has 0 aromatic heterocycles. The summed E-state index contributed by atoms with van der Waals surface area (Å²) in [4.78, 5) is 12.7. The molecule has 2 rings (SSSR count). The monoisotopic (exact) mass is 465 g/mol. The fourth-order valence-corrected chi connectivity index (χ4v) is 4.40. The van der Waals surface area contributed by atoms with Crippen molar-refractivity contribution in [3.05, 3.63) is 71.1 Å². The summed E-state index contributed by atoms with van der Waals surface area (Å²) in [7, 11) is -7.26. The molecule has 0 aliphatic rings. The zero-order chi connectivity index (χ0) is 23.1. The molecule has 8 nitrogen and oxygen atoms in total. The predicted octanol–water partition coefficient (Wildman–Crippen LogP) is 2.29. The van der Waals surface area contributed by atoms with Crippen molar-refractivity contribution in [2.75, 3.05) is 11.0 Å². The first-order valence-corrected chi connectivity index (χ1v) is 13.0. The molecule has 0 aliphatic carbocycles. The second-order valence-electron chi connectivity index (χ2n) is 7.39. The molecular weight excluding hydrogens is 438 g/mol. The Hall–Kier alpha value is -2.69. The van der Waals surface area contributed by atoms with E-state index in [0.29, 0.717) is 11.3 Å². The first-order valence-electron chi connectivity index (χ1n) is 9.55. The van der Waals surface area contributed by atoms with Crippen LogP contribution in [-0.4, -0.2) is 35.0 Å². The predicted molar refractivity (Wildman–Crippen MR) is 123 cm³/mol. The molecule has 3 N–H and O–H groups in total. The molecule has 0 spiro atoms. The van der Waals surface area contributed by atoms with Crippen molar-refractivity contribution in [1.82, 2.24) is 10.0 Å². The number of hydrogen-bond donors (Lipinski definition) is 3. The van der Waals surface area contributed by atoms with Gasteiger partial charge in [0, 0.05) is 17.6 Å². The Morgan fingerprint density at radius 1 is 1.00 bits per heavy atom. The fraction of sp³-hybridized carbons (Fsp3) is 0.286. The number of anilines is 1. The number of rotatable bonds is 10. The van der Waals surface area contributed by atoms with Crippen LogP contribution >= 0.6 is 0 Å². The van der Waals surface area contributed by atoms with Crippen LogP contribution in [0.3, 0.4) is 0 Å². The molecule has 10 heteroatoms. The van der Waals surface area contributed by atoms with Crippen LogP contribution < -0.4 is 14.8 Å². The fourth-order valence-electron chi connectivity index (χ4n) is 2.70. The molecule has 0 fully saturated rings. The van der Waals surface area contributed by atoms with Gasteiger partial charge in [0.25, 0.3) is 0 Å². The molecule has 2 aromatic rings. The van der Waals surface area contributed by atoms with E-state index in [1.165, 1.54) is 6.08 Å². The number of amides is 1. The Labute approximate surface area is 183 Å². The van der Waals surface area contributed by atoms with E-state index >= 15 is 0 Å². The van der Waals surface area contributed by atoms with Gasteiger partial charge >= 0.3 is 0 Å². The van der Waals surface area contributed by atoms with E-state index in [1.807, 2.05) is 6.07 Å². The molecule has 0 radical (unpaired) electrons. The minimum absolute atomic E-state index is 0.114. The van der Waals surface area contributed by atoms with Gasteiger partial charge in [-0.15, -0.1) is 0 Å². The van der Waals surface area contributed by atoms with E-state index in [4.69, 9.17) is 0 Å². The molecule has 31 heavy (non-hydrogen) atoms. The first-order chi connectivity index (χ1) is 14.5. The van der Waals surface area contributed by atoms with Crippen molar-refractivity contribution in [2.45, 2.75) is 26.4 Å². The number of hydrogen-bond acceptors (Lipinski definition) is 5. The minimum Gasteiger partial charge on any atom is -0.351 e. The van der Waals surface area contributed by atoms with Gasteiger partial charge in [-0.2, -0.15) is 4.72 Å². The van der Waals surface area contributed by atoms with Crippen LogP contribution in [0.4, 0.5) is 5.69 Å². The summed E-state index contributed by atoms with van der Waals surface area (Å²) in [5.74, 6) is -0.772. The highest BCUT2D eigenvalue weighted by Gasteiger charge is 2.26. The third kappa shape index (κ3) is 8.91. The maximum absolute atomic E-state index is 12.7. The molecule has 1 atom stereocenters. The lowest BCUT2D eigenvalue weighted by atomic mass is 10.0. The van der Waals surface area contributed by atoms with Crippen molar-refractivity contribution < 1.29 is 21.6 Å². The van der Waals surface area contributed by atoms with Crippen LogP contribution in [0, 0.1) is 5.92 Å². The zero-order valence-corrected chi connectivity index (χ0v) is 19.2. The summed E-state index contributed by atoms with van der Waals surface area (Å²) in [6.07, 6.45) is 2.50. The third-order valence-electron chi connectivity index (χ3n) is 4.18. The van der Waals surface area contributed by atoms with Crippen LogP contribution in [0.25, 0.3) is 6.08 Å². The summed E-state index contributed by atoms with van der Waals surface area (Å²) in [5, 5.41) is 3.73. The Balaban J connectivity index is 2.04. The largest absolute Gasteiger partial charge is 0.351 e. The molecular formula is C21H27N3O5S2. The Bertz CT molecular complexity index is 1130. The molecule has 168 valence electrons. The molecule has 0 saturated heterocycles. The van der Waals surface area contributed by atoms with E-state index in [2.05, 4.69) is 14.8 Å². The maximum atomic E-state index is 12.7. The van der Waals surface area contributed by atoms with Crippen LogP contribution in [0.2, 0.25) is 0 Å². The van der Waals surface area contributed by atoms with Crippen LogP contribution in [0.5, 0.6) is 0 Å². The maximum Gasteiger partial charge on any atom is 0.238 e. The van der Waals surface area contributed by atoms with E-state index in [9.17, 15) is 21.6 Å². The zero-order valence-electron chi connectivity index (χ0n) is 17.6. The smallest absolute Gasteiger partial charge is 0.238 e. The van der Waals surface area contributed by atoms with E-state index in [0.717, 1.165) is 17.2 Å². The SMILES string of the molecule is CC(C)C(NS(=O)(=O)/C=C/c1ccccc1)C(=O)NCc1cccc(NS(C)(=O)=O)c1. The lowest BCUT2D eigenvalue weighted by molar-refractivity contribution is -0.123. The number of carbonyl (C=O) groups excluding carboxylic acids is 1. The van der Waals surface area contributed by atoms with Crippen LogP contribution in [0.1, 0.15) is 25.0 Å². The van der Waals surface area contributed by atoms with Crippen LogP contribution in [0.15, 0.2) is 60.0 Å². The summed E-state index contributed by atoms with van der Waals surface area (Å²) >= 11 is 0. The lowest BCUT2D eigenvalue weighted by Crippen LogP contribution is -2.48. The van der Waals surface area contributed by atoms with Crippen LogP contribution in [-0.2, 0) is 31.4 Å². The van der Waals surface area contributed by atoms with E-state index in [1.54, 1.807) is 62.4 Å². The van der Waals surface area contributed by atoms with Gasteiger partial charge < -0.3 is 5.32 Å². The summed E-state index contributed by atoms with van der Waals surface area (Å²) in [6, 6.07) is 14.6. The Kier molecular flexibility index (Phi) is 8.37. The molecule has 0 saturated carbocycles. The highest BCUT2D eigenvalue weighted by atomic mass is 32.2. The van der Waals surface area contributed by atoms with E-state index in [-0.39, 0.29) is 12.5 Å². The van der Waals surface area contributed by atoms with Gasteiger partial charge in [-0.3, -0.25) is 9.52 Å². The van der Waals surface area contributed by atoms with Crippen molar-refractivity contribution in [2.24, 2.45) is 5.92 Å².